The predicted octanol–water partition coefficient (Wildman–Crippen LogP) is 3.02. The van der Waals surface area contributed by atoms with E-state index in [1.54, 1.807) is 0 Å². The molecular formula is C14H14BrN3O. The van der Waals surface area contributed by atoms with Crippen LogP contribution >= 0.6 is 15.9 Å². The Hall–Kier alpha value is -1.46. The first kappa shape index (κ1) is 12.6. The normalized spacial score (nSPS) is 14.0. The van der Waals surface area contributed by atoms with Crippen molar-refractivity contribution in [3.05, 3.63) is 40.0 Å². The fourth-order valence-corrected chi connectivity index (χ4v) is 2.66. The first-order valence-electron chi connectivity index (χ1n) is 6.20. The molecule has 1 aliphatic heterocycles. The van der Waals surface area contributed by atoms with Gasteiger partial charge in [-0.15, -0.1) is 0 Å². The molecule has 0 radical (unpaired) electrons. The van der Waals surface area contributed by atoms with Crippen LogP contribution in [0.5, 0.6) is 0 Å². The summed E-state index contributed by atoms with van der Waals surface area (Å²) in [5, 5.41) is 3.14. The molecule has 1 aliphatic rings. The summed E-state index contributed by atoms with van der Waals surface area (Å²) in [6.45, 7) is 1.31. The molecule has 19 heavy (non-hydrogen) atoms. The molecule has 4 nitrogen and oxygen atoms in total. The Morgan fingerprint density at radius 1 is 1.26 bits per heavy atom. The number of halogens is 1. The van der Waals surface area contributed by atoms with Gasteiger partial charge in [0.05, 0.1) is 18.9 Å². The topological polar surface area (TPSA) is 47.0 Å². The molecule has 1 aromatic carbocycles. The highest BCUT2D eigenvalue weighted by Crippen LogP contribution is 2.29. The lowest BCUT2D eigenvalue weighted by molar-refractivity contribution is 0.109. The molecule has 0 saturated carbocycles. The maximum atomic E-state index is 5.48. The number of nitrogens with zero attached hydrogens (tertiary/aromatic N) is 2. The van der Waals surface area contributed by atoms with Gasteiger partial charge in [-0.25, -0.2) is 9.97 Å². The second-order valence-electron chi connectivity index (χ2n) is 4.35. The number of hydrogen-bond acceptors (Lipinski definition) is 4. The van der Waals surface area contributed by atoms with E-state index in [-0.39, 0.29) is 0 Å². The highest BCUT2D eigenvalue weighted by Gasteiger charge is 2.18. The van der Waals surface area contributed by atoms with Gasteiger partial charge >= 0.3 is 0 Å². The smallest absolute Gasteiger partial charge is 0.162 e. The van der Waals surface area contributed by atoms with Gasteiger partial charge in [-0.1, -0.05) is 34.1 Å². The molecule has 2 aromatic rings. The van der Waals surface area contributed by atoms with E-state index in [9.17, 15) is 0 Å². The minimum atomic E-state index is 0.585. The third kappa shape index (κ3) is 2.35. The fourth-order valence-electron chi connectivity index (χ4n) is 2.20. The largest absolute Gasteiger partial charge is 0.376 e. The molecule has 0 saturated heterocycles. The number of rotatable bonds is 2. The SMILES string of the molecule is CNc1nc(-c2ccccc2Br)nc2c1COCC2. The van der Waals surface area contributed by atoms with Crippen molar-refractivity contribution in [2.24, 2.45) is 0 Å². The maximum absolute atomic E-state index is 5.48. The van der Waals surface area contributed by atoms with Gasteiger partial charge in [0, 0.05) is 29.1 Å². The number of hydrogen-bond donors (Lipinski definition) is 1. The summed E-state index contributed by atoms with van der Waals surface area (Å²) < 4.78 is 6.48. The van der Waals surface area contributed by atoms with Crippen molar-refractivity contribution >= 4 is 21.7 Å². The van der Waals surface area contributed by atoms with Gasteiger partial charge in [-0.05, 0) is 6.07 Å². The average Bonchev–Trinajstić information content (AvgIpc) is 2.46. The molecular weight excluding hydrogens is 306 g/mol. The van der Waals surface area contributed by atoms with E-state index >= 15 is 0 Å². The summed E-state index contributed by atoms with van der Waals surface area (Å²) in [6, 6.07) is 7.99. The van der Waals surface area contributed by atoms with Crippen LogP contribution in [0.2, 0.25) is 0 Å². The Kier molecular flexibility index (Phi) is 3.48. The molecule has 1 N–H and O–H groups in total. The van der Waals surface area contributed by atoms with Gasteiger partial charge in [0.1, 0.15) is 5.82 Å². The molecule has 0 aliphatic carbocycles. The number of nitrogens with one attached hydrogen (secondary N) is 1. The summed E-state index contributed by atoms with van der Waals surface area (Å²) >= 11 is 3.55. The third-order valence-corrected chi connectivity index (χ3v) is 3.87. The summed E-state index contributed by atoms with van der Waals surface area (Å²) in [5.41, 5.74) is 3.16. The Bertz CT molecular complexity index is 598. The van der Waals surface area contributed by atoms with Crippen LogP contribution in [-0.2, 0) is 17.8 Å². The lowest BCUT2D eigenvalue weighted by Gasteiger charge is -2.19. The Labute approximate surface area is 120 Å². The molecule has 0 amide bonds. The molecule has 5 heteroatoms. The zero-order valence-electron chi connectivity index (χ0n) is 10.6. The van der Waals surface area contributed by atoms with Crippen molar-refractivity contribution in [1.29, 1.82) is 0 Å². The van der Waals surface area contributed by atoms with E-state index in [2.05, 4.69) is 26.2 Å². The average molecular weight is 320 g/mol. The van der Waals surface area contributed by atoms with Gasteiger partial charge in [-0.3, -0.25) is 0 Å². The van der Waals surface area contributed by atoms with Gasteiger partial charge in [0.25, 0.3) is 0 Å². The minimum absolute atomic E-state index is 0.585. The van der Waals surface area contributed by atoms with E-state index in [1.807, 2.05) is 31.3 Å². The van der Waals surface area contributed by atoms with Gasteiger partial charge < -0.3 is 10.1 Å². The quantitative estimate of drug-likeness (QED) is 0.924. The Balaban J connectivity index is 2.15. The van der Waals surface area contributed by atoms with Crippen molar-refractivity contribution in [2.45, 2.75) is 13.0 Å². The van der Waals surface area contributed by atoms with E-state index < -0.39 is 0 Å². The van der Waals surface area contributed by atoms with Crippen molar-refractivity contribution in [1.82, 2.24) is 9.97 Å². The van der Waals surface area contributed by atoms with Gasteiger partial charge in [0.2, 0.25) is 0 Å². The number of benzene rings is 1. The summed E-state index contributed by atoms with van der Waals surface area (Å²) in [4.78, 5) is 9.30. The molecule has 0 atom stereocenters. The standard InChI is InChI=1S/C14H14BrN3O/c1-16-13-10-8-19-7-6-12(10)17-14(18-13)9-4-2-3-5-11(9)15/h2-5H,6-8H2,1H3,(H,16,17,18). The van der Waals surface area contributed by atoms with Crippen LogP contribution < -0.4 is 5.32 Å². The first-order chi connectivity index (χ1) is 9.29. The fraction of sp³-hybridized carbons (Fsp3) is 0.286. The molecule has 2 heterocycles. The van der Waals surface area contributed by atoms with Crippen molar-refractivity contribution < 1.29 is 4.74 Å². The molecule has 0 unspecified atom stereocenters. The van der Waals surface area contributed by atoms with Crippen molar-refractivity contribution in [3.63, 3.8) is 0 Å². The first-order valence-corrected chi connectivity index (χ1v) is 6.99. The summed E-state index contributed by atoms with van der Waals surface area (Å²) in [7, 11) is 1.88. The zero-order valence-corrected chi connectivity index (χ0v) is 12.2. The molecule has 0 bridgehead atoms. The molecule has 98 valence electrons. The van der Waals surface area contributed by atoms with Crippen LogP contribution in [0.1, 0.15) is 11.3 Å². The minimum Gasteiger partial charge on any atom is -0.376 e. The Morgan fingerprint density at radius 3 is 2.89 bits per heavy atom. The summed E-state index contributed by atoms with van der Waals surface area (Å²) in [5.74, 6) is 1.60. The van der Waals surface area contributed by atoms with Crippen LogP contribution in [-0.4, -0.2) is 23.6 Å². The molecule has 1 aromatic heterocycles. The van der Waals surface area contributed by atoms with Gasteiger partial charge in [0.15, 0.2) is 5.82 Å². The predicted molar refractivity (Wildman–Crippen MR) is 78.1 cm³/mol. The lowest BCUT2D eigenvalue weighted by atomic mass is 10.1. The molecule has 3 rings (SSSR count). The van der Waals surface area contributed by atoms with Crippen molar-refractivity contribution in [2.75, 3.05) is 19.0 Å². The molecule has 0 fully saturated rings. The number of aromatic nitrogens is 2. The number of fused-ring (bicyclic) bond motifs is 1. The van der Waals surface area contributed by atoms with Crippen molar-refractivity contribution in [3.8, 4) is 11.4 Å². The van der Waals surface area contributed by atoms with Crippen LogP contribution in [0.15, 0.2) is 28.7 Å². The Morgan fingerprint density at radius 2 is 2.11 bits per heavy atom. The molecule has 0 spiro atoms. The number of anilines is 1. The zero-order chi connectivity index (χ0) is 13.2. The van der Waals surface area contributed by atoms with E-state index in [0.29, 0.717) is 6.61 Å². The monoisotopic (exact) mass is 319 g/mol. The lowest BCUT2D eigenvalue weighted by Crippen LogP contribution is -2.16. The van der Waals surface area contributed by atoms with Crippen LogP contribution in [0.3, 0.4) is 0 Å². The van der Waals surface area contributed by atoms with E-state index in [1.165, 1.54) is 0 Å². The van der Waals surface area contributed by atoms with Gasteiger partial charge in [-0.2, -0.15) is 0 Å². The van der Waals surface area contributed by atoms with Crippen LogP contribution in [0, 0.1) is 0 Å². The summed E-state index contributed by atoms with van der Waals surface area (Å²) in [6.07, 6.45) is 0.837. The second-order valence-corrected chi connectivity index (χ2v) is 5.21. The number of ether oxygens (including phenoxy) is 1. The highest BCUT2D eigenvalue weighted by molar-refractivity contribution is 9.10. The third-order valence-electron chi connectivity index (χ3n) is 3.17. The van der Waals surface area contributed by atoms with Crippen LogP contribution in [0.4, 0.5) is 5.82 Å². The highest BCUT2D eigenvalue weighted by atomic mass is 79.9. The second kappa shape index (κ2) is 5.27. The maximum Gasteiger partial charge on any atom is 0.162 e. The van der Waals surface area contributed by atoms with Crippen LogP contribution in [0.25, 0.3) is 11.4 Å². The van der Waals surface area contributed by atoms with E-state index in [4.69, 9.17) is 9.72 Å². The van der Waals surface area contributed by atoms with E-state index in [0.717, 1.165) is 46.0 Å².